The van der Waals surface area contributed by atoms with Gasteiger partial charge in [0.1, 0.15) is 24.2 Å². The van der Waals surface area contributed by atoms with Gasteiger partial charge in [0.05, 0.1) is 7.11 Å². The molecule has 5 heteroatoms. The molecule has 0 saturated carbocycles. The molecule has 0 saturated heterocycles. The zero-order valence-electron chi connectivity index (χ0n) is 15.2. The van der Waals surface area contributed by atoms with Crippen molar-refractivity contribution in [1.82, 2.24) is 5.32 Å². The molecule has 0 aliphatic heterocycles. The second-order valence-electron chi connectivity index (χ2n) is 7.65. The van der Waals surface area contributed by atoms with Crippen LogP contribution in [0.2, 0.25) is 0 Å². The third-order valence-corrected chi connectivity index (χ3v) is 3.27. The summed E-state index contributed by atoms with van der Waals surface area (Å²) in [6.45, 7) is 11.7. The average Bonchev–Trinajstić information content (AvgIpc) is 2.40. The molecule has 1 atom stereocenters. The number of benzene rings is 1. The number of halogens is 1. The fourth-order valence-corrected chi connectivity index (χ4v) is 2.72. The van der Waals surface area contributed by atoms with Crippen molar-refractivity contribution in [3.05, 3.63) is 24.3 Å². The molecule has 4 nitrogen and oxygen atoms in total. The Morgan fingerprint density at radius 2 is 1.74 bits per heavy atom. The largest absolute Gasteiger partial charge is 0.497 e. The van der Waals surface area contributed by atoms with Crippen LogP contribution in [0, 0.1) is 5.41 Å². The molecular formula is C18H32ClNO3. The summed E-state index contributed by atoms with van der Waals surface area (Å²) in [4.78, 5) is 0. The van der Waals surface area contributed by atoms with Crippen molar-refractivity contribution >= 4 is 12.4 Å². The van der Waals surface area contributed by atoms with Crippen molar-refractivity contribution < 1.29 is 14.6 Å². The van der Waals surface area contributed by atoms with Crippen molar-refractivity contribution in [2.75, 3.05) is 20.3 Å². The maximum absolute atomic E-state index is 10.1. The first kappa shape index (κ1) is 22.0. The molecule has 0 aliphatic rings. The zero-order valence-corrected chi connectivity index (χ0v) is 16.0. The van der Waals surface area contributed by atoms with Gasteiger partial charge in [0.15, 0.2) is 0 Å². The zero-order chi connectivity index (χ0) is 16.8. The molecule has 2 N–H and O–H groups in total. The van der Waals surface area contributed by atoms with Crippen LogP contribution >= 0.6 is 12.4 Å². The van der Waals surface area contributed by atoms with Gasteiger partial charge in [0.2, 0.25) is 0 Å². The third-order valence-electron chi connectivity index (χ3n) is 3.27. The molecule has 0 fully saturated rings. The van der Waals surface area contributed by atoms with Gasteiger partial charge in [-0.05, 0) is 37.8 Å². The average molecular weight is 346 g/mol. The van der Waals surface area contributed by atoms with E-state index >= 15 is 0 Å². The first-order valence-corrected chi connectivity index (χ1v) is 7.81. The van der Waals surface area contributed by atoms with Gasteiger partial charge in [-0.15, -0.1) is 12.4 Å². The first-order valence-electron chi connectivity index (χ1n) is 7.81. The minimum atomic E-state index is -0.551. The SMILES string of the molecule is COc1cccc(OCC(O)CNC(C)(C)CC(C)(C)C)c1.Cl. The van der Waals surface area contributed by atoms with E-state index in [0.717, 1.165) is 12.2 Å². The Morgan fingerprint density at radius 1 is 1.13 bits per heavy atom. The molecule has 1 rings (SSSR count). The molecule has 1 unspecified atom stereocenters. The minimum absolute atomic E-state index is 0. The second kappa shape index (κ2) is 9.36. The highest BCUT2D eigenvalue weighted by atomic mass is 35.5. The quantitative estimate of drug-likeness (QED) is 0.755. The standard InChI is InChI=1S/C18H31NO3.ClH/c1-17(2,3)13-18(4,5)19-11-14(20)12-22-16-9-7-8-15(10-16)21-6;/h7-10,14,19-20H,11-13H2,1-6H3;1H. The number of aliphatic hydroxyl groups excluding tert-OH is 1. The molecule has 0 heterocycles. The van der Waals surface area contributed by atoms with Gasteiger partial charge >= 0.3 is 0 Å². The van der Waals surface area contributed by atoms with E-state index in [-0.39, 0.29) is 30.0 Å². The van der Waals surface area contributed by atoms with Crippen molar-refractivity contribution in [2.24, 2.45) is 5.41 Å². The molecule has 0 amide bonds. The molecule has 0 radical (unpaired) electrons. The van der Waals surface area contributed by atoms with E-state index in [4.69, 9.17) is 9.47 Å². The highest BCUT2D eigenvalue weighted by Crippen LogP contribution is 2.26. The number of hydrogen-bond donors (Lipinski definition) is 2. The van der Waals surface area contributed by atoms with E-state index in [1.54, 1.807) is 7.11 Å². The smallest absolute Gasteiger partial charge is 0.123 e. The van der Waals surface area contributed by atoms with E-state index in [0.29, 0.717) is 12.3 Å². The van der Waals surface area contributed by atoms with Crippen LogP contribution in [0.5, 0.6) is 11.5 Å². The predicted molar refractivity (Wildman–Crippen MR) is 97.9 cm³/mol. The minimum Gasteiger partial charge on any atom is -0.497 e. The van der Waals surface area contributed by atoms with Crippen LogP contribution in [0.25, 0.3) is 0 Å². The number of rotatable bonds is 8. The summed E-state index contributed by atoms with van der Waals surface area (Å²) in [7, 11) is 1.62. The molecule has 1 aromatic rings. The maximum Gasteiger partial charge on any atom is 0.123 e. The predicted octanol–water partition coefficient (Wildman–Crippen LogP) is 3.66. The summed E-state index contributed by atoms with van der Waals surface area (Å²) in [6.07, 6.45) is 0.481. The van der Waals surface area contributed by atoms with Crippen LogP contribution in [0.3, 0.4) is 0 Å². The Bertz CT molecular complexity index is 458. The molecule has 1 aromatic carbocycles. The van der Waals surface area contributed by atoms with Crippen LogP contribution in [-0.2, 0) is 0 Å². The van der Waals surface area contributed by atoms with E-state index in [1.807, 2.05) is 24.3 Å². The fraction of sp³-hybridized carbons (Fsp3) is 0.667. The van der Waals surface area contributed by atoms with Gasteiger partial charge in [0.25, 0.3) is 0 Å². The van der Waals surface area contributed by atoms with Gasteiger partial charge in [0, 0.05) is 18.2 Å². The van der Waals surface area contributed by atoms with Gasteiger partial charge in [-0.25, -0.2) is 0 Å². The number of ether oxygens (including phenoxy) is 2. The van der Waals surface area contributed by atoms with Gasteiger partial charge in [-0.2, -0.15) is 0 Å². The highest BCUT2D eigenvalue weighted by Gasteiger charge is 2.25. The lowest BCUT2D eigenvalue weighted by molar-refractivity contribution is 0.0943. The first-order chi connectivity index (χ1) is 10.1. The summed E-state index contributed by atoms with van der Waals surface area (Å²) in [5.41, 5.74) is 0.230. The number of nitrogens with one attached hydrogen (secondary N) is 1. The van der Waals surface area contributed by atoms with Crippen LogP contribution in [-0.4, -0.2) is 37.0 Å². The van der Waals surface area contributed by atoms with Crippen molar-refractivity contribution in [3.63, 3.8) is 0 Å². The molecule has 0 aromatic heterocycles. The Balaban J connectivity index is 0.00000484. The summed E-state index contributed by atoms with van der Waals surface area (Å²) >= 11 is 0. The van der Waals surface area contributed by atoms with Crippen LogP contribution in [0.4, 0.5) is 0 Å². The van der Waals surface area contributed by atoms with Crippen molar-refractivity contribution in [3.8, 4) is 11.5 Å². The highest BCUT2D eigenvalue weighted by molar-refractivity contribution is 5.85. The van der Waals surface area contributed by atoms with Crippen molar-refractivity contribution in [1.29, 1.82) is 0 Å². The molecule has 0 bridgehead atoms. The van der Waals surface area contributed by atoms with Gasteiger partial charge < -0.3 is 19.9 Å². The van der Waals surface area contributed by atoms with Crippen molar-refractivity contribution in [2.45, 2.75) is 52.7 Å². The van der Waals surface area contributed by atoms with E-state index < -0.39 is 6.10 Å². The van der Waals surface area contributed by atoms with Crippen LogP contribution in [0.15, 0.2) is 24.3 Å². The maximum atomic E-state index is 10.1. The summed E-state index contributed by atoms with van der Waals surface area (Å²) < 4.78 is 10.8. The van der Waals surface area contributed by atoms with Crippen LogP contribution in [0.1, 0.15) is 41.0 Å². The number of aliphatic hydroxyl groups is 1. The van der Waals surface area contributed by atoms with E-state index in [2.05, 4.69) is 39.9 Å². The topological polar surface area (TPSA) is 50.7 Å². The fourth-order valence-electron chi connectivity index (χ4n) is 2.72. The molecule has 23 heavy (non-hydrogen) atoms. The molecule has 134 valence electrons. The molecular weight excluding hydrogens is 314 g/mol. The van der Waals surface area contributed by atoms with E-state index in [9.17, 15) is 5.11 Å². The Kier molecular flexibility index (Phi) is 8.96. The van der Waals surface area contributed by atoms with Crippen LogP contribution < -0.4 is 14.8 Å². The number of methoxy groups -OCH3 is 1. The summed E-state index contributed by atoms with van der Waals surface area (Å²) in [5, 5.41) is 13.5. The van der Waals surface area contributed by atoms with E-state index in [1.165, 1.54) is 0 Å². The Labute approximate surface area is 147 Å². The number of β-amino-alcohol motifs (C(OH)–C–C–N with tert-alkyl or cyclic N) is 1. The summed E-state index contributed by atoms with van der Waals surface area (Å²) in [6, 6.07) is 7.39. The molecule has 0 spiro atoms. The Morgan fingerprint density at radius 3 is 2.30 bits per heavy atom. The lowest BCUT2D eigenvalue weighted by Crippen LogP contribution is -2.46. The normalized spacial score (nSPS) is 13.2. The van der Waals surface area contributed by atoms with Gasteiger partial charge in [-0.1, -0.05) is 26.8 Å². The Hall–Kier alpha value is -0.970. The van der Waals surface area contributed by atoms with Gasteiger partial charge in [-0.3, -0.25) is 0 Å². The molecule has 0 aliphatic carbocycles. The second-order valence-corrected chi connectivity index (χ2v) is 7.65. The summed E-state index contributed by atoms with van der Waals surface area (Å²) in [5.74, 6) is 1.45. The third kappa shape index (κ3) is 9.69. The number of hydrogen-bond acceptors (Lipinski definition) is 4. The lowest BCUT2D eigenvalue weighted by Gasteiger charge is -2.34. The lowest BCUT2D eigenvalue weighted by atomic mass is 9.82. The monoisotopic (exact) mass is 345 g/mol.